The van der Waals surface area contributed by atoms with Crippen molar-refractivity contribution in [1.29, 1.82) is 0 Å². The highest BCUT2D eigenvalue weighted by molar-refractivity contribution is 5.31. The average molecular weight is 195 g/mol. The number of rotatable bonds is 3. The molecule has 1 atom stereocenters. The lowest BCUT2D eigenvalue weighted by Gasteiger charge is -2.10. The number of nitrogens with zero attached hydrogens (tertiary/aromatic N) is 1. The van der Waals surface area contributed by atoms with Crippen molar-refractivity contribution in [2.75, 3.05) is 18.5 Å². The van der Waals surface area contributed by atoms with E-state index in [-0.39, 0.29) is 11.7 Å². The van der Waals surface area contributed by atoms with Crippen LogP contribution in [0.1, 0.15) is 12.8 Å². The molecule has 0 aliphatic carbocycles. The number of nitrogens with one attached hydrogen (secondary N) is 2. The minimum Gasteiger partial charge on any atom is -0.376 e. The van der Waals surface area contributed by atoms with Gasteiger partial charge in [0, 0.05) is 19.2 Å². The Morgan fingerprint density at radius 3 is 3.21 bits per heavy atom. The third kappa shape index (κ3) is 2.32. The molecule has 0 bridgehead atoms. The monoisotopic (exact) mass is 195 g/mol. The highest BCUT2D eigenvalue weighted by Crippen LogP contribution is 2.12. The lowest BCUT2D eigenvalue weighted by Crippen LogP contribution is -2.20. The number of hydrogen-bond donors (Lipinski definition) is 2. The predicted octanol–water partition coefficient (Wildman–Crippen LogP) is 0.361. The second-order valence-corrected chi connectivity index (χ2v) is 3.32. The van der Waals surface area contributed by atoms with Crippen molar-refractivity contribution >= 4 is 5.82 Å². The Kier molecular flexibility index (Phi) is 2.78. The first-order valence-electron chi connectivity index (χ1n) is 4.76. The molecule has 0 saturated carbocycles. The fourth-order valence-electron chi connectivity index (χ4n) is 1.47. The number of ether oxygens (including phenoxy) is 1. The Morgan fingerprint density at radius 1 is 1.64 bits per heavy atom. The van der Waals surface area contributed by atoms with E-state index < -0.39 is 0 Å². The number of aromatic nitrogens is 2. The molecule has 1 aromatic heterocycles. The van der Waals surface area contributed by atoms with E-state index in [1.807, 2.05) is 0 Å². The number of H-pyrrole nitrogens is 1. The van der Waals surface area contributed by atoms with Crippen LogP contribution in [0.5, 0.6) is 0 Å². The minimum absolute atomic E-state index is 0.187. The van der Waals surface area contributed by atoms with Crippen molar-refractivity contribution in [3.8, 4) is 0 Å². The third-order valence-corrected chi connectivity index (χ3v) is 2.21. The van der Waals surface area contributed by atoms with Crippen LogP contribution in [-0.2, 0) is 4.74 Å². The summed E-state index contributed by atoms with van der Waals surface area (Å²) in [6.07, 6.45) is 2.51. The molecule has 1 fully saturated rings. The summed E-state index contributed by atoms with van der Waals surface area (Å²) in [7, 11) is 0. The summed E-state index contributed by atoms with van der Waals surface area (Å²) in [5.74, 6) is 0.681. The maximum Gasteiger partial charge on any atom is 0.264 e. The van der Waals surface area contributed by atoms with Crippen LogP contribution in [0.25, 0.3) is 0 Å². The molecule has 5 nitrogen and oxygen atoms in total. The second kappa shape index (κ2) is 4.23. The third-order valence-electron chi connectivity index (χ3n) is 2.21. The van der Waals surface area contributed by atoms with Crippen LogP contribution in [0.3, 0.4) is 0 Å². The molecule has 0 radical (unpaired) electrons. The zero-order valence-electron chi connectivity index (χ0n) is 7.82. The first-order chi connectivity index (χ1) is 6.84. The van der Waals surface area contributed by atoms with E-state index in [4.69, 9.17) is 4.74 Å². The van der Waals surface area contributed by atoms with Gasteiger partial charge in [0.1, 0.15) is 5.82 Å². The van der Waals surface area contributed by atoms with Crippen LogP contribution in [0, 0.1) is 0 Å². The van der Waals surface area contributed by atoms with Gasteiger partial charge in [-0.3, -0.25) is 4.79 Å². The molecular weight excluding hydrogens is 182 g/mol. The van der Waals surface area contributed by atoms with Crippen molar-refractivity contribution in [2.24, 2.45) is 0 Å². The zero-order valence-corrected chi connectivity index (χ0v) is 7.82. The van der Waals surface area contributed by atoms with Crippen molar-refractivity contribution in [3.05, 3.63) is 22.5 Å². The summed E-state index contributed by atoms with van der Waals surface area (Å²) in [4.78, 5) is 10.7. The second-order valence-electron chi connectivity index (χ2n) is 3.32. The Balaban J connectivity index is 1.85. The fourth-order valence-corrected chi connectivity index (χ4v) is 1.47. The first kappa shape index (κ1) is 9.21. The molecule has 2 heterocycles. The smallest absolute Gasteiger partial charge is 0.264 e. The number of hydrogen-bond acceptors (Lipinski definition) is 4. The van der Waals surface area contributed by atoms with Crippen LogP contribution < -0.4 is 10.9 Å². The predicted molar refractivity (Wildman–Crippen MR) is 52.3 cm³/mol. The molecule has 5 heteroatoms. The highest BCUT2D eigenvalue weighted by atomic mass is 16.5. The number of anilines is 1. The van der Waals surface area contributed by atoms with E-state index in [0.29, 0.717) is 5.82 Å². The van der Waals surface area contributed by atoms with E-state index in [0.717, 1.165) is 26.0 Å². The van der Waals surface area contributed by atoms with Crippen molar-refractivity contribution in [1.82, 2.24) is 10.2 Å². The molecule has 1 aromatic rings. The van der Waals surface area contributed by atoms with Gasteiger partial charge >= 0.3 is 0 Å². The largest absolute Gasteiger partial charge is 0.376 e. The molecule has 0 spiro atoms. The molecule has 14 heavy (non-hydrogen) atoms. The fraction of sp³-hybridized carbons (Fsp3) is 0.556. The lowest BCUT2D eigenvalue weighted by molar-refractivity contribution is 0.120. The van der Waals surface area contributed by atoms with Gasteiger partial charge in [0.05, 0.1) is 6.10 Å². The summed E-state index contributed by atoms with van der Waals surface area (Å²) in [6.45, 7) is 1.60. The lowest BCUT2D eigenvalue weighted by atomic mass is 10.2. The maximum atomic E-state index is 10.7. The molecule has 76 valence electrons. The van der Waals surface area contributed by atoms with Gasteiger partial charge in [0.2, 0.25) is 0 Å². The van der Waals surface area contributed by atoms with Crippen LogP contribution in [-0.4, -0.2) is 29.5 Å². The van der Waals surface area contributed by atoms with E-state index >= 15 is 0 Å². The summed E-state index contributed by atoms with van der Waals surface area (Å²) in [5.41, 5.74) is -0.187. The quantitative estimate of drug-likeness (QED) is 0.730. The van der Waals surface area contributed by atoms with Crippen molar-refractivity contribution < 1.29 is 4.74 Å². The molecule has 2 N–H and O–H groups in total. The molecule has 0 aromatic carbocycles. The molecule has 1 aliphatic rings. The SMILES string of the molecule is O=c1ccc(NC[C@@H]2CCCO2)n[nH]1. The summed E-state index contributed by atoms with van der Waals surface area (Å²) in [6, 6.07) is 3.11. The van der Waals surface area contributed by atoms with E-state index in [9.17, 15) is 4.79 Å². The van der Waals surface area contributed by atoms with Gasteiger partial charge in [-0.2, -0.15) is 5.10 Å². The van der Waals surface area contributed by atoms with E-state index in [1.54, 1.807) is 6.07 Å². The Morgan fingerprint density at radius 2 is 2.57 bits per heavy atom. The molecule has 1 saturated heterocycles. The Labute approximate surface area is 81.5 Å². The average Bonchev–Trinajstić information content (AvgIpc) is 2.70. The van der Waals surface area contributed by atoms with Gasteiger partial charge in [0.25, 0.3) is 5.56 Å². The molecule has 1 aliphatic heterocycles. The van der Waals surface area contributed by atoms with E-state index in [1.165, 1.54) is 6.07 Å². The highest BCUT2D eigenvalue weighted by Gasteiger charge is 2.14. The van der Waals surface area contributed by atoms with Gasteiger partial charge in [0.15, 0.2) is 0 Å². The summed E-state index contributed by atoms with van der Waals surface area (Å²) in [5, 5.41) is 9.31. The minimum atomic E-state index is -0.187. The van der Waals surface area contributed by atoms with Crippen molar-refractivity contribution in [2.45, 2.75) is 18.9 Å². The van der Waals surface area contributed by atoms with Gasteiger partial charge in [-0.05, 0) is 18.9 Å². The standard InChI is InChI=1S/C9H13N3O2/c13-9-4-3-8(11-12-9)10-6-7-2-1-5-14-7/h3-4,7H,1-2,5-6H2,(H,10,11)(H,12,13)/t7-/m0/s1. The van der Waals surface area contributed by atoms with Gasteiger partial charge in [-0.1, -0.05) is 0 Å². The summed E-state index contributed by atoms with van der Waals surface area (Å²) < 4.78 is 5.44. The van der Waals surface area contributed by atoms with Gasteiger partial charge < -0.3 is 10.1 Å². The van der Waals surface area contributed by atoms with Crippen molar-refractivity contribution in [3.63, 3.8) is 0 Å². The van der Waals surface area contributed by atoms with Crippen LogP contribution in [0.15, 0.2) is 16.9 Å². The topological polar surface area (TPSA) is 67.0 Å². The van der Waals surface area contributed by atoms with Crippen LogP contribution in [0.2, 0.25) is 0 Å². The van der Waals surface area contributed by atoms with Crippen LogP contribution >= 0.6 is 0 Å². The zero-order chi connectivity index (χ0) is 9.80. The summed E-state index contributed by atoms with van der Waals surface area (Å²) >= 11 is 0. The molecule has 0 amide bonds. The van der Waals surface area contributed by atoms with Gasteiger partial charge in [-0.15, -0.1) is 0 Å². The van der Waals surface area contributed by atoms with Crippen LogP contribution in [0.4, 0.5) is 5.82 Å². The Hall–Kier alpha value is -1.36. The maximum absolute atomic E-state index is 10.7. The molecule has 2 rings (SSSR count). The molecule has 0 unspecified atom stereocenters. The first-order valence-corrected chi connectivity index (χ1v) is 4.76. The van der Waals surface area contributed by atoms with Gasteiger partial charge in [-0.25, -0.2) is 5.10 Å². The normalized spacial score (nSPS) is 21.0. The number of aromatic amines is 1. The van der Waals surface area contributed by atoms with E-state index in [2.05, 4.69) is 15.5 Å². The Bertz CT molecular complexity index is 324. The molecular formula is C9H13N3O2.